The number of benzene rings is 2. The maximum Gasteiger partial charge on any atom is 0.325 e. The molecule has 0 aliphatic rings. The Bertz CT molecular complexity index is 1160. The molecule has 29 heavy (non-hydrogen) atoms. The van der Waals surface area contributed by atoms with Gasteiger partial charge >= 0.3 is 5.97 Å². The van der Waals surface area contributed by atoms with E-state index in [0.717, 1.165) is 10.8 Å². The zero-order chi connectivity index (χ0) is 21.0. The molecule has 0 atom stereocenters. The number of ether oxygens (including phenoxy) is 2. The molecular formula is C19H17N3O6S. The molecule has 0 aliphatic heterocycles. The van der Waals surface area contributed by atoms with E-state index in [-0.39, 0.29) is 22.6 Å². The van der Waals surface area contributed by atoms with Crippen molar-refractivity contribution in [1.82, 2.24) is 4.57 Å². The minimum atomic E-state index is -0.656. The summed E-state index contributed by atoms with van der Waals surface area (Å²) in [5, 5.41) is 11.0. The number of nitro groups is 1. The first-order valence-corrected chi connectivity index (χ1v) is 9.41. The highest BCUT2D eigenvalue weighted by Gasteiger charge is 2.17. The van der Waals surface area contributed by atoms with Crippen LogP contribution < -0.4 is 9.54 Å². The Morgan fingerprint density at radius 1 is 1.24 bits per heavy atom. The second-order valence-electron chi connectivity index (χ2n) is 5.81. The molecule has 0 saturated heterocycles. The number of hydrogen-bond acceptors (Lipinski definition) is 7. The minimum Gasteiger partial charge on any atom is -0.492 e. The van der Waals surface area contributed by atoms with Crippen molar-refractivity contribution in [3.63, 3.8) is 0 Å². The van der Waals surface area contributed by atoms with Crippen molar-refractivity contribution in [2.75, 3.05) is 13.7 Å². The fraction of sp³-hybridized carbons (Fsp3) is 0.211. The van der Waals surface area contributed by atoms with Crippen molar-refractivity contribution in [3.8, 4) is 5.75 Å². The number of nitro benzene ring substituents is 1. The third-order valence-electron chi connectivity index (χ3n) is 3.98. The van der Waals surface area contributed by atoms with Gasteiger partial charge in [0, 0.05) is 17.7 Å². The number of aromatic nitrogens is 1. The van der Waals surface area contributed by atoms with Gasteiger partial charge in [0.25, 0.3) is 11.6 Å². The molecule has 3 rings (SSSR count). The number of carbonyl (C=O) groups excluding carboxylic acids is 2. The molecule has 150 valence electrons. The Hall–Kier alpha value is -3.53. The Kier molecular flexibility index (Phi) is 6.03. The average Bonchev–Trinajstić information content (AvgIpc) is 3.06. The molecule has 0 radical (unpaired) electrons. The molecule has 0 saturated carbocycles. The van der Waals surface area contributed by atoms with Crippen LogP contribution in [0.3, 0.4) is 0 Å². The van der Waals surface area contributed by atoms with Crippen LogP contribution in [0.1, 0.15) is 17.3 Å². The summed E-state index contributed by atoms with van der Waals surface area (Å²) in [7, 11) is 1.27. The summed E-state index contributed by atoms with van der Waals surface area (Å²) in [6, 6.07) is 10.7. The zero-order valence-corrected chi connectivity index (χ0v) is 16.5. The third kappa shape index (κ3) is 4.32. The van der Waals surface area contributed by atoms with Crippen molar-refractivity contribution in [2.45, 2.75) is 13.5 Å². The fourth-order valence-electron chi connectivity index (χ4n) is 2.70. The maximum atomic E-state index is 12.6. The van der Waals surface area contributed by atoms with Gasteiger partial charge in [-0.2, -0.15) is 4.99 Å². The third-order valence-corrected chi connectivity index (χ3v) is 5.02. The van der Waals surface area contributed by atoms with Crippen LogP contribution in [0.2, 0.25) is 0 Å². The van der Waals surface area contributed by atoms with E-state index < -0.39 is 16.8 Å². The molecule has 1 aromatic heterocycles. The second kappa shape index (κ2) is 8.65. The summed E-state index contributed by atoms with van der Waals surface area (Å²) >= 11 is 1.20. The van der Waals surface area contributed by atoms with Crippen molar-refractivity contribution in [2.24, 2.45) is 4.99 Å². The number of non-ortho nitro benzene ring substituents is 1. The molecule has 0 N–H and O–H groups in total. The van der Waals surface area contributed by atoms with Crippen molar-refractivity contribution >= 4 is 39.1 Å². The molecule has 1 amide bonds. The van der Waals surface area contributed by atoms with Gasteiger partial charge in [-0.05, 0) is 25.1 Å². The number of para-hydroxylation sites is 1. The Balaban J connectivity index is 2.17. The molecular weight excluding hydrogens is 398 g/mol. The van der Waals surface area contributed by atoms with Crippen LogP contribution in [0.15, 0.2) is 47.5 Å². The first-order chi connectivity index (χ1) is 13.9. The molecule has 1 heterocycles. The highest BCUT2D eigenvalue weighted by Crippen LogP contribution is 2.27. The lowest BCUT2D eigenvalue weighted by molar-refractivity contribution is -0.384. The number of methoxy groups -OCH3 is 1. The van der Waals surface area contributed by atoms with E-state index >= 15 is 0 Å². The quantitative estimate of drug-likeness (QED) is 0.347. The smallest absolute Gasteiger partial charge is 0.325 e. The van der Waals surface area contributed by atoms with Crippen molar-refractivity contribution < 1.29 is 24.0 Å². The van der Waals surface area contributed by atoms with Crippen LogP contribution in [0.5, 0.6) is 5.75 Å². The maximum absolute atomic E-state index is 12.6. The lowest BCUT2D eigenvalue weighted by Gasteiger charge is -2.08. The van der Waals surface area contributed by atoms with Crippen LogP contribution in [0.25, 0.3) is 10.2 Å². The number of amides is 1. The molecule has 3 aromatic rings. The van der Waals surface area contributed by atoms with Crippen molar-refractivity contribution in [1.29, 1.82) is 0 Å². The number of hydrogen-bond donors (Lipinski definition) is 0. The standard InChI is InChI=1S/C19H17N3O6S/c1-3-28-14-8-5-9-15-17(14)21(11-16(23)27-2)19(29-15)20-18(24)12-6-4-7-13(10-12)22(25)26/h4-10H,3,11H2,1-2H3. The highest BCUT2D eigenvalue weighted by molar-refractivity contribution is 7.16. The highest BCUT2D eigenvalue weighted by atomic mass is 32.1. The molecule has 10 heteroatoms. The van der Waals surface area contributed by atoms with E-state index in [1.165, 1.54) is 36.6 Å². The summed E-state index contributed by atoms with van der Waals surface area (Å²) in [4.78, 5) is 39.3. The normalized spacial score (nSPS) is 11.4. The number of rotatable bonds is 6. The van der Waals surface area contributed by atoms with Gasteiger partial charge in [0.15, 0.2) is 4.80 Å². The fourth-order valence-corrected chi connectivity index (χ4v) is 3.74. The Labute approximate surface area is 169 Å². The molecule has 2 aromatic carbocycles. The monoisotopic (exact) mass is 415 g/mol. The van der Waals surface area contributed by atoms with Gasteiger partial charge in [0.05, 0.1) is 23.3 Å². The predicted octanol–water partition coefficient (Wildman–Crippen LogP) is 2.92. The van der Waals surface area contributed by atoms with Crippen LogP contribution in [0, 0.1) is 10.1 Å². The second-order valence-corrected chi connectivity index (χ2v) is 6.82. The van der Waals surface area contributed by atoms with E-state index in [9.17, 15) is 19.7 Å². The lowest BCUT2D eigenvalue weighted by Crippen LogP contribution is -2.22. The summed E-state index contributed by atoms with van der Waals surface area (Å²) in [6.45, 7) is 2.10. The summed E-state index contributed by atoms with van der Waals surface area (Å²) < 4.78 is 12.7. The molecule has 0 spiro atoms. The summed E-state index contributed by atoms with van der Waals surface area (Å²) in [5.74, 6) is -0.619. The van der Waals surface area contributed by atoms with Crippen LogP contribution >= 0.6 is 11.3 Å². The van der Waals surface area contributed by atoms with Gasteiger partial charge in [-0.1, -0.05) is 23.5 Å². The predicted molar refractivity (Wildman–Crippen MR) is 106 cm³/mol. The van der Waals surface area contributed by atoms with Crippen LogP contribution in [-0.2, 0) is 16.1 Å². The lowest BCUT2D eigenvalue weighted by atomic mass is 10.2. The van der Waals surface area contributed by atoms with Crippen LogP contribution in [0.4, 0.5) is 5.69 Å². The van der Waals surface area contributed by atoms with Gasteiger partial charge in [-0.25, -0.2) is 0 Å². The van der Waals surface area contributed by atoms with Gasteiger partial charge in [-0.15, -0.1) is 0 Å². The Morgan fingerprint density at radius 3 is 2.69 bits per heavy atom. The molecule has 9 nitrogen and oxygen atoms in total. The largest absolute Gasteiger partial charge is 0.492 e. The summed E-state index contributed by atoms with van der Waals surface area (Å²) in [6.07, 6.45) is 0. The molecule has 0 bridgehead atoms. The SMILES string of the molecule is CCOc1cccc2sc(=NC(=O)c3cccc([N+](=O)[O-])c3)n(CC(=O)OC)c12. The molecule has 0 fully saturated rings. The zero-order valence-electron chi connectivity index (χ0n) is 15.7. The van der Waals surface area contributed by atoms with E-state index in [1.54, 1.807) is 16.7 Å². The van der Waals surface area contributed by atoms with Gasteiger partial charge in [0.1, 0.15) is 17.8 Å². The van der Waals surface area contributed by atoms with E-state index in [2.05, 4.69) is 4.99 Å². The van der Waals surface area contributed by atoms with E-state index in [0.29, 0.717) is 17.9 Å². The first kappa shape index (κ1) is 20.2. The van der Waals surface area contributed by atoms with Crippen LogP contribution in [-0.4, -0.2) is 35.1 Å². The van der Waals surface area contributed by atoms with E-state index in [4.69, 9.17) is 9.47 Å². The molecule has 0 aliphatic carbocycles. The molecule has 0 unspecified atom stereocenters. The van der Waals surface area contributed by atoms with Gasteiger partial charge in [-0.3, -0.25) is 19.7 Å². The number of carbonyl (C=O) groups is 2. The number of thiazole rings is 1. The van der Waals surface area contributed by atoms with E-state index in [1.807, 2.05) is 13.0 Å². The first-order valence-electron chi connectivity index (χ1n) is 8.60. The van der Waals surface area contributed by atoms with Crippen molar-refractivity contribution in [3.05, 3.63) is 62.9 Å². The Morgan fingerprint density at radius 2 is 2.00 bits per heavy atom. The summed E-state index contributed by atoms with van der Waals surface area (Å²) in [5.41, 5.74) is 0.491. The van der Waals surface area contributed by atoms with Gasteiger partial charge in [0.2, 0.25) is 0 Å². The number of esters is 1. The van der Waals surface area contributed by atoms with Gasteiger partial charge < -0.3 is 14.0 Å². The average molecular weight is 415 g/mol. The topological polar surface area (TPSA) is 113 Å². The number of fused-ring (bicyclic) bond motifs is 1. The number of nitrogens with zero attached hydrogens (tertiary/aromatic N) is 3. The minimum absolute atomic E-state index is 0.0753.